The van der Waals surface area contributed by atoms with Crippen LogP contribution in [0.3, 0.4) is 0 Å². The van der Waals surface area contributed by atoms with Crippen LogP contribution in [0.15, 0.2) is 18.2 Å². The Hall–Kier alpha value is -1.50. The summed E-state index contributed by atoms with van der Waals surface area (Å²) in [6.45, 7) is 0. The summed E-state index contributed by atoms with van der Waals surface area (Å²) in [6, 6.07) is 6.38. The van der Waals surface area contributed by atoms with Gasteiger partial charge in [0.15, 0.2) is 0 Å². The molecule has 2 aromatic rings. The van der Waals surface area contributed by atoms with Crippen LogP contribution in [0.1, 0.15) is 5.56 Å². The summed E-state index contributed by atoms with van der Waals surface area (Å²) in [5.41, 5.74) is 0.665. The van der Waals surface area contributed by atoms with Gasteiger partial charge in [0.05, 0.1) is 10.5 Å². The van der Waals surface area contributed by atoms with Crippen molar-refractivity contribution in [2.45, 2.75) is 0 Å². The van der Waals surface area contributed by atoms with Crippen LogP contribution in [0.4, 0.5) is 0 Å². The quantitative estimate of drug-likeness (QED) is 0.718. The largest absolute Gasteiger partial charge is 0.508 e. The van der Waals surface area contributed by atoms with Crippen molar-refractivity contribution in [1.82, 2.24) is 4.98 Å². The molecule has 74 valence electrons. The van der Waals surface area contributed by atoms with Gasteiger partial charge in [-0.1, -0.05) is 23.2 Å². The lowest BCUT2D eigenvalue weighted by atomic mass is 10.1. The number of aromatic hydroxyl groups is 1. The monoisotopic (exact) mass is 238 g/mol. The van der Waals surface area contributed by atoms with Crippen LogP contribution in [-0.4, -0.2) is 10.1 Å². The van der Waals surface area contributed by atoms with Crippen molar-refractivity contribution in [2.75, 3.05) is 0 Å². The van der Waals surface area contributed by atoms with Gasteiger partial charge in [-0.05, 0) is 18.2 Å². The highest BCUT2D eigenvalue weighted by molar-refractivity contribution is 6.39. The van der Waals surface area contributed by atoms with Crippen LogP contribution < -0.4 is 0 Å². The molecular weight excluding hydrogens is 235 g/mol. The number of aromatic nitrogens is 1. The minimum atomic E-state index is 0.0670. The minimum absolute atomic E-state index is 0.0670. The predicted molar refractivity (Wildman–Crippen MR) is 58.1 cm³/mol. The second-order valence-electron chi connectivity index (χ2n) is 2.90. The lowest BCUT2D eigenvalue weighted by Crippen LogP contribution is -1.87. The maximum atomic E-state index is 9.29. The number of phenols is 1. The Kier molecular flexibility index (Phi) is 2.39. The molecule has 0 atom stereocenters. The van der Waals surface area contributed by atoms with E-state index in [1.165, 1.54) is 12.1 Å². The number of benzene rings is 1. The number of fused-ring (bicyclic) bond motifs is 1. The first-order valence-electron chi connectivity index (χ1n) is 4.01. The maximum Gasteiger partial charge on any atom is 0.149 e. The van der Waals surface area contributed by atoms with Gasteiger partial charge in [-0.15, -0.1) is 0 Å². The summed E-state index contributed by atoms with van der Waals surface area (Å²) in [4.78, 5) is 4.00. The molecule has 0 saturated heterocycles. The van der Waals surface area contributed by atoms with Gasteiger partial charge >= 0.3 is 0 Å². The molecule has 1 N–H and O–H groups in total. The molecule has 0 radical (unpaired) electrons. The molecule has 0 bridgehead atoms. The number of halogens is 2. The fourth-order valence-electron chi connectivity index (χ4n) is 1.28. The third-order valence-corrected chi connectivity index (χ3v) is 2.64. The molecule has 0 unspecified atom stereocenters. The number of rotatable bonds is 0. The molecular formula is C10H4Cl2N2O. The number of pyridine rings is 1. The average Bonchev–Trinajstić information content (AvgIpc) is 2.20. The summed E-state index contributed by atoms with van der Waals surface area (Å²) in [5.74, 6) is 0.0670. The maximum absolute atomic E-state index is 9.29. The zero-order valence-electron chi connectivity index (χ0n) is 7.33. The lowest BCUT2D eigenvalue weighted by molar-refractivity contribution is 0.476. The number of hydrogen-bond donors (Lipinski definition) is 1. The molecule has 3 nitrogen and oxygen atoms in total. The topological polar surface area (TPSA) is 56.9 Å². The molecule has 0 aliphatic heterocycles. The van der Waals surface area contributed by atoms with Crippen LogP contribution in [0.5, 0.6) is 5.75 Å². The average molecular weight is 239 g/mol. The van der Waals surface area contributed by atoms with Crippen molar-refractivity contribution in [3.05, 3.63) is 33.9 Å². The first-order valence-corrected chi connectivity index (χ1v) is 4.77. The van der Waals surface area contributed by atoms with Gasteiger partial charge in [0, 0.05) is 5.39 Å². The first-order chi connectivity index (χ1) is 7.13. The van der Waals surface area contributed by atoms with Crippen LogP contribution >= 0.6 is 23.2 Å². The van der Waals surface area contributed by atoms with E-state index in [4.69, 9.17) is 28.5 Å². The third kappa shape index (κ3) is 1.58. The Morgan fingerprint density at radius 1 is 1.33 bits per heavy atom. The van der Waals surface area contributed by atoms with Crippen molar-refractivity contribution in [3.63, 3.8) is 0 Å². The highest BCUT2D eigenvalue weighted by Gasteiger charge is 2.12. The molecule has 0 spiro atoms. The van der Waals surface area contributed by atoms with Crippen molar-refractivity contribution >= 4 is 34.1 Å². The standard InChI is InChI=1S/C10H4Cl2N2O/c11-9-6-3-5(15)1-2-8(6)14-10(12)7(9)4-13/h1-3,15H. The van der Waals surface area contributed by atoms with Gasteiger partial charge in [0.2, 0.25) is 0 Å². The molecule has 0 aliphatic carbocycles. The Bertz CT molecular complexity index is 590. The lowest BCUT2D eigenvalue weighted by Gasteiger charge is -2.03. The molecule has 1 heterocycles. The summed E-state index contributed by atoms with van der Waals surface area (Å²) in [6.07, 6.45) is 0. The van der Waals surface area contributed by atoms with Crippen LogP contribution in [0.25, 0.3) is 10.9 Å². The Labute approximate surface area is 95.5 Å². The Morgan fingerprint density at radius 2 is 2.07 bits per heavy atom. The molecule has 0 amide bonds. The van der Waals surface area contributed by atoms with Gasteiger partial charge in [-0.3, -0.25) is 0 Å². The first kappa shape index (κ1) is 10.0. The molecule has 0 fully saturated rings. The summed E-state index contributed by atoms with van der Waals surface area (Å²) < 4.78 is 0. The van der Waals surface area contributed by atoms with E-state index in [1.54, 1.807) is 6.07 Å². The number of phenolic OH excluding ortho intramolecular Hbond substituents is 1. The molecule has 5 heteroatoms. The van der Waals surface area contributed by atoms with E-state index in [9.17, 15) is 5.11 Å². The zero-order chi connectivity index (χ0) is 11.0. The van der Waals surface area contributed by atoms with Crippen molar-refractivity contribution in [3.8, 4) is 11.8 Å². The van der Waals surface area contributed by atoms with Crippen LogP contribution in [-0.2, 0) is 0 Å². The second-order valence-corrected chi connectivity index (χ2v) is 3.64. The molecule has 1 aromatic carbocycles. The van der Waals surface area contributed by atoms with E-state index in [0.29, 0.717) is 10.9 Å². The number of nitrogens with zero attached hydrogens (tertiary/aromatic N) is 2. The van der Waals surface area contributed by atoms with Crippen LogP contribution in [0, 0.1) is 11.3 Å². The van der Waals surface area contributed by atoms with Gasteiger partial charge in [0.1, 0.15) is 22.5 Å². The normalized spacial score (nSPS) is 10.2. The highest BCUT2D eigenvalue weighted by Crippen LogP contribution is 2.31. The number of hydrogen-bond acceptors (Lipinski definition) is 3. The summed E-state index contributed by atoms with van der Waals surface area (Å²) in [5, 5.41) is 18.9. The fraction of sp³-hybridized carbons (Fsp3) is 0. The number of nitriles is 1. The molecule has 2 rings (SSSR count). The summed E-state index contributed by atoms with van der Waals surface area (Å²) in [7, 11) is 0. The van der Waals surface area contributed by atoms with Gasteiger partial charge in [0.25, 0.3) is 0 Å². The van der Waals surface area contributed by atoms with Crippen LogP contribution in [0.2, 0.25) is 10.2 Å². The van der Waals surface area contributed by atoms with E-state index in [0.717, 1.165) is 0 Å². The highest BCUT2D eigenvalue weighted by atomic mass is 35.5. The minimum Gasteiger partial charge on any atom is -0.508 e. The van der Waals surface area contributed by atoms with E-state index >= 15 is 0 Å². The smallest absolute Gasteiger partial charge is 0.149 e. The van der Waals surface area contributed by atoms with E-state index < -0.39 is 0 Å². The van der Waals surface area contributed by atoms with Crippen molar-refractivity contribution in [1.29, 1.82) is 5.26 Å². The SMILES string of the molecule is N#Cc1c(Cl)nc2ccc(O)cc2c1Cl. The molecule has 0 aliphatic rings. The Balaban J connectivity index is 2.94. The second kappa shape index (κ2) is 3.58. The predicted octanol–water partition coefficient (Wildman–Crippen LogP) is 3.12. The van der Waals surface area contributed by atoms with Gasteiger partial charge in [-0.25, -0.2) is 4.98 Å². The van der Waals surface area contributed by atoms with E-state index in [1.807, 2.05) is 6.07 Å². The fourth-order valence-corrected chi connectivity index (χ4v) is 1.84. The molecule has 15 heavy (non-hydrogen) atoms. The van der Waals surface area contributed by atoms with Gasteiger partial charge < -0.3 is 5.11 Å². The zero-order valence-corrected chi connectivity index (χ0v) is 8.84. The van der Waals surface area contributed by atoms with E-state index in [-0.39, 0.29) is 21.5 Å². The third-order valence-electron chi connectivity index (χ3n) is 1.97. The molecule has 1 aromatic heterocycles. The summed E-state index contributed by atoms with van der Waals surface area (Å²) >= 11 is 11.7. The van der Waals surface area contributed by atoms with Gasteiger partial charge in [-0.2, -0.15) is 5.26 Å². The Morgan fingerprint density at radius 3 is 2.73 bits per heavy atom. The van der Waals surface area contributed by atoms with Crippen molar-refractivity contribution in [2.24, 2.45) is 0 Å². The van der Waals surface area contributed by atoms with E-state index in [2.05, 4.69) is 4.98 Å². The molecule has 0 saturated carbocycles. The van der Waals surface area contributed by atoms with Crippen molar-refractivity contribution < 1.29 is 5.11 Å².